The molecule has 1 aliphatic carbocycles. The van der Waals surface area contributed by atoms with Gasteiger partial charge in [0.1, 0.15) is 0 Å². The van der Waals surface area contributed by atoms with Crippen molar-refractivity contribution in [3.63, 3.8) is 0 Å². The summed E-state index contributed by atoms with van der Waals surface area (Å²) in [6, 6.07) is 18.0. The van der Waals surface area contributed by atoms with E-state index in [2.05, 4.69) is 46.0 Å². The molecule has 0 bridgehead atoms. The predicted molar refractivity (Wildman–Crippen MR) is 121 cm³/mol. The number of rotatable bonds is 6. The SMILES string of the molecule is CN=C(NCc1cccc(C(N)=O)c1)NCC1(c2ccccc2)CCC1.I. The molecule has 0 radical (unpaired) electrons. The van der Waals surface area contributed by atoms with Gasteiger partial charge in [-0.2, -0.15) is 0 Å². The number of guanidine groups is 1. The summed E-state index contributed by atoms with van der Waals surface area (Å²) in [5.41, 5.74) is 8.44. The maximum atomic E-state index is 11.3. The number of halogens is 1. The Morgan fingerprint density at radius 3 is 2.44 bits per heavy atom. The van der Waals surface area contributed by atoms with Gasteiger partial charge in [0, 0.05) is 31.1 Å². The Labute approximate surface area is 177 Å². The number of aliphatic imine (C=N–C) groups is 1. The number of benzene rings is 2. The molecule has 0 spiro atoms. The summed E-state index contributed by atoms with van der Waals surface area (Å²) in [4.78, 5) is 15.6. The minimum atomic E-state index is -0.413. The lowest BCUT2D eigenvalue weighted by molar-refractivity contribution is 0.1000. The Morgan fingerprint density at radius 1 is 1.11 bits per heavy atom. The molecule has 1 aliphatic rings. The third-order valence-corrected chi connectivity index (χ3v) is 5.19. The summed E-state index contributed by atoms with van der Waals surface area (Å²) >= 11 is 0. The van der Waals surface area contributed by atoms with Crippen LogP contribution in [-0.4, -0.2) is 25.5 Å². The van der Waals surface area contributed by atoms with E-state index in [9.17, 15) is 4.79 Å². The molecule has 1 amide bonds. The van der Waals surface area contributed by atoms with Crippen LogP contribution in [0.3, 0.4) is 0 Å². The van der Waals surface area contributed by atoms with E-state index in [1.165, 1.54) is 24.8 Å². The molecule has 6 heteroatoms. The van der Waals surface area contributed by atoms with Crippen LogP contribution in [0.25, 0.3) is 0 Å². The molecule has 0 aromatic heterocycles. The van der Waals surface area contributed by atoms with Crippen LogP contribution in [-0.2, 0) is 12.0 Å². The fourth-order valence-corrected chi connectivity index (χ4v) is 3.46. The standard InChI is InChI=1S/C21H26N4O.HI/c1-23-20(24-14-16-7-5-8-17(13-16)19(22)26)25-15-21(11-6-12-21)18-9-3-2-4-10-18;/h2-5,7-10,13H,6,11-12,14-15H2,1H3,(H2,22,26)(H2,23,24,25);1H. The molecular weight excluding hydrogens is 451 g/mol. The number of carbonyl (C=O) groups excluding carboxylic acids is 1. The number of hydrogen-bond donors (Lipinski definition) is 3. The third-order valence-electron chi connectivity index (χ3n) is 5.19. The molecule has 5 nitrogen and oxygen atoms in total. The Kier molecular flexibility index (Phi) is 7.65. The zero-order valence-corrected chi connectivity index (χ0v) is 17.9. The molecule has 27 heavy (non-hydrogen) atoms. The highest BCUT2D eigenvalue weighted by Gasteiger charge is 2.38. The lowest BCUT2D eigenvalue weighted by atomic mass is 9.64. The van der Waals surface area contributed by atoms with Gasteiger partial charge in [0.25, 0.3) is 0 Å². The molecule has 4 N–H and O–H groups in total. The van der Waals surface area contributed by atoms with Crippen molar-refractivity contribution < 1.29 is 4.79 Å². The van der Waals surface area contributed by atoms with E-state index in [1.807, 2.05) is 12.1 Å². The van der Waals surface area contributed by atoms with Crippen LogP contribution in [0.15, 0.2) is 59.6 Å². The van der Waals surface area contributed by atoms with E-state index < -0.39 is 5.91 Å². The second kappa shape index (κ2) is 9.73. The lowest BCUT2D eigenvalue weighted by Crippen LogP contribution is -2.48. The molecule has 0 unspecified atom stereocenters. The fourth-order valence-electron chi connectivity index (χ4n) is 3.46. The molecule has 2 aromatic rings. The van der Waals surface area contributed by atoms with Crippen LogP contribution in [0.5, 0.6) is 0 Å². The van der Waals surface area contributed by atoms with Crippen molar-refractivity contribution in [1.29, 1.82) is 0 Å². The molecule has 0 heterocycles. The monoisotopic (exact) mass is 478 g/mol. The number of nitrogens with one attached hydrogen (secondary N) is 2. The third kappa shape index (κ3) is 5.22. The number of nitrogens with zero attached hydrogens (tertiary/aromatic N) is 1. The van der Waals surface area contributed by atoms with E-state index >= 15 is 0 Å². The summed E-state index contributed by atoms with van der Waals surface area (Å²) in [6.07, 6.45) is 3.66. The van der Waals surface area contributed by atoms with Crippen LogP contribution < -0.4 is 16.4 Å². The quantitative estimate of drug-likeness (QED) is 0.339. The first-order valence-electron chi connectivity index (χ1n) is 9.02. The normalized spacial score (nSPS) is 15.2. The Bertz CT molecular complexity index is 788. The summed E-state index contributed by atoms with van der Waals surface area (Å²) < 4.78 is 0. The van der Waals surface area contributed by atoms with E-state index in [1.54, 1.807) is 19.2 Å². The van der Waals surface area contributed by atoms with Gasteiger partial charge in [-0.3, -0.25) is 9.79 Å². The Balaban J connectivity index is 0.00000261. The van der Waals surface area contributed by atoms with Gasteiger partial charge in [-0.15, -0.1) is 24.0 Å². The second-order valence-electron chi connectivity index (χ2n) is 6.84. The van der Waals surface area contributed by atoms with E-state index in [0.29, 0.717) is 12.1 Å². The molecule has 0 aliphatic heterocycles. The molecule has 1 saturated carbocycles. The number of hydrogen-bond acceptors (Lipinski definition) is 2. The van der Waals surface area contributed by atoms with Gasteiger partial charge in [-0.05, 0) is 36.1 Å². The van der Waals surface area contributed by atoms with E-state index in [4.69, 9.17) is 5.73 Å². The van der Waals surface area contributed by atoms with Crippen molar-refractivity contribution in [2.24, 2.45) is 10.7 Å². The first-order chi connectivity index (χ1) is 12.6. The van der Waals surface area contributed by atoms with Gasteiger partial charge >= 0.3 is 0 Å². The number of amides is 1. The zero-order valence-electron chi connectivity index (χ0n) is 15.6. The van der Waals surface area contributed by atoms with Gasteiger partial charge in [-0.1, -0.05) is 48.9 Å². The summed E-state index contributed by atoms with van der Waals surface area (Å²) in [6.45, 7) is 1.44. The highest BCUT2D eigenvalue weighted by atomic mass is 127. The van der Waals surface area contributed by atoms with Gasteiger partial charge in [-0.25, -0.2) is 0 Å². The topological polar surface area (TPSA) is 79.5 Å². The largest absolute Gasteiger partial charge is 0.366 e. The number of primary amides is 1. The van der Waals surface area contributed by atoms with Crippen molar-refractivity contribution in [1.82, 2.24) is 10.6 Å². The van der Waals surface area contributed by atoms with E-state index in [-0.39, 0.29) is 29.4 Å². The van der Waals surface area contributed by atoms with Crippen LogP contribution in [0.1, 0.15) is 40.7 Å². The van der Waals surface area contributed by atoms with E-state index in [0.717, 1.165) is 18.1 Å². The minimum absolute atomic E-state index is 0. The van der Waals surface area contributed by atoms with Gasteiger partial charge in [0.15, 0.2) is 5.96 Å². The zero-order chi connectivity index (χ0) is 18.4. The molecule has 0 atom stereocenters. The molecule has 2 aromatic carbocycles. The van der Waals surface area contributed by atoms with Crippen molar-refractivity contribution in [2.45, 2.75) is 31.2 Å². The number of carbonyl (C=O) groups is 1. The molecular formula is C21H27IN4O. The van der Waals surface area contributed by atoms with Crippen molar-refractivity contribution in [3.8, 4) is 0 Å². The summed E-state index contributed by atoms with van der Waals surface area (Å²) in [7, 11) is 1.77. The van der Waals surface area contributed by atoms with Crippen molar-refractivity contribution in [2.75, 3.05) is 13.6 Å². The molecule has 1 fully saturated rings. The average Bonchev–Trinajstić information content (AvgIpc) is 2.64. The molecule has 0 saturated heterocycles. The summed E-state index contributed by atoms with van der Waals surface area (Å²) in [5.74, 6) is 0.348. The van der Waals surface area contributed by atoms with Gasteiger partial charge in [0.2, 0.25) is 5.91 Å². The predicted octanol–water partition coefficient (Wildman–Crippen LogP) is 3.19. The smallest absolute Gasteiger partial charge is 0.248 e. The first-order valence-corrected chi connectivity index (χ1v) is 9.02. The lowest BCUT2D eigenvalue weighted by Gasteiger charge is -2.43. The highest BCUT2D eigenvalue weighted by molar-refractivity contribution is 14.0. The second-order valence-corrected chi connectivity index (χ2v) is 6.84. The van der Waals surface area contributed by atoms with Gasteiger partial charge < -0.3 is 16.4 Å². The van der Waals surface area contributed by atoms with Crippen molar-refractivity contribution >= 4 is 35.8 Å². The van der Waals surface area contributed by atoms with Crippen LogP contribution in [0.4, 0.5) is 0 Å². The molecule has 144 valence electrons. The number of nitrogens with two attached hydrogens (primary N) is 1. The van der Waals surface area contributed by atoms with Crippen LogP contribution >= 0.6 is 24.0 Å². The van der Waals surface area contributed by atoms with Crippen LogP contribution in [0, 0.1) is 0 Å². The first kappa shape index (κ1) is 21.2. The molecule has 3 rings (SSSR count). The van der Waals surface area contributed by atoms with Gasteiger partial charge in [0.05, 0.1) is 0 Å². The van der Waals surface area contributed by atoms with Crippen LogP contribution in [0.2, 0.25) is 0 Å². The fraction of sp³-hybridized carbons (Fsp3) is 0.333. The highest BCUT2D eigenvalue weighted by Crippen LogP contribution is 2.43. The summed E-state index contributed by atoms with van der Waals surface area (Å²) in [5, 5.41) is 6.78. The maximum Gasteiger partial charge on any atom is 0.248 e. The van der Waals surface area contributed by atoms with Crippen molar-refractivity contribution in [3.05, 3.63) is 71.3 Å². The minimum Gasteiger partial charge on any atom is -0.366 e. The Morgan fingerprint density at radius 2 is 1.85 bits per heavy atom. The average molecular weight is 478 g/mol. The maximum absolute atomic E-state index is 11.3. The Hall–Kier alpha value is -2.09.